The van der Waals surface area contributed by atoms with Gasteiger partial charge in [-0.25, -0.2) is 4.98 Å². The average Bonchev–Trinajstić information content (AvgIpc) is 2.86. The molecule has 3 aromatic carbocycles. The van der Waals surface area contributed by atoms with Gasteiger partial charge in [0, 0.05) is 30.1 Å². The molecular weight excluding hydrogens is 418 g/mol. The van der Waals surface area contributed by atoms with Gasteiger partial charge in [-0.05, 0) is 47.0 Å². The molecule has 5 rings (SSSR count). The van der Waals surface area contributed by atoms with Gasteiger partial charge < -0.3 is 9.47 Å². The van der Waals surface area contributed by atoms with Gasteiger partial charge in [-0.2, -0.15) is 0 Å². The van der Waals surface area contributed by atoms with Crippen molar-refractivity contribution in [3.63, 3.8) is 0 Å². The molecule has 168 valence electrons. The number of fused-ring (bicyclic) bond motifs is 5. The Kier molecular flexibility index (Phi) is 5.34. The number of rotatable bonds is 5. The third kappa shape index (κ3) is 3.45. The molecule has 0 radical (unpaired) electrons. The van der Waals surface area contributed by atoms with Crippen LogP contribution in [0.15, 0.2) is 48.5 Å². The van der Waals surface area contributed by atoms with Gasteiger partial charge in [-0.3, -0.25) is 15.0 Å². The van der Waals surface area contributed by atoms with Crippen LogP contribution in [0.5, 0.6) is 11.5 Å². The van der Waals surface area contributed by atoms with Crippen LogP contribution in [0.4, 0.5) is 5.69 Å². The minimum atomic E-state index is -0.440. The fraction of sp³-hybridized carbons (Fsp3) is 0.269. The van der Waals surface area contributed by atoms with Gasteiger partial charge in [0.1, 0.15) is 0 Å². The molecule has 1 aliphatic heterocycles. The third-order valence-electron chi connectivity index (χ3n) is 6.53. The summed E-state index contributed by atoms with van der Waals surface area (Å²) in [5.41, 5.74) is 4.56. The Labute approximate surface area is 191 Å². The van der Waals surface area contributed by atoms with E-state index in [-0.39, 0.29) is 11.4 Å². The maximum atomic E-state index is 11.8. The number of methoxy groups -OCH3 is 2. The highest BCUT2D eigenvalue weighted by Gasteiger charge is 2.27. The molecule has 0 unspecified atom stereocenters. The average molecular weight is 444 g/mol. The second-order valence-corrected chi connectivity index (χ2v) is 8.21. The van der Waals surface area contributed by atoms with Crippen LogP contribution in [0.2, 0.25) is 0 Å². The van der Waals surface area contributed by atoms with Gasteiger partial charge in [0.15, 0.2) is 5.75 Å². The number of ether oxygens (including phenoxy) is 2. The molecule has 0 N–H and O–H groups in total. The van der Waals surface area contributed by atoms with Crippen LogP contribution in [0.25, 0.3) is 32.9 Å². The van der Waals surface area contributed by atoms with E-state index in [1.807, 2.05) is 12.1 Å². The highest BCUT2D eigenvalue weighted by molar-refractivity contribution is 6.09. The SMILES string of the molecule is CCN1CCc2c(c(-c3cc(OC)c(OC)c([N+](=O)[O-])c3)nc3ccc4ccccc4c23)C1. The molecule has 0 aliphatic carbocycles. The minimum Gasteiger partial charge on any atom is -0.493 e. The molecule has 33 heavy (non-hydrogen) atoms. The predicted octanol–water partition coefficient (Wildman–Crippen LogP) is 5.36. The molecule has 1 aromatic heterocycles. The summed E-state index contributed by atoms with van der Waals surface area (Å²) in [6.45, 7) is 4.79. The monoisotopic (exact) mass is 443 g/mol. The second kappa shape index (κ2) is 8.33. The number of hydrogen-bond acceptors (Lipinski definition) is 6. The minimum absolute atomic E-state index is 0.113. The Hall–Kier alpha value is -3.71. The quantitative estimate of drug-likeness (QED) is 0.235. The van der Waals surface area contributed by atoms with E-state index in [0.717, 1.165) is 42.8 Å². The lowest BCUT2D eigenvalue weighted by Gasteiger charge is -2.30. The molecule has 1 aliphatic rings. The van der Waals surface area contributed by atoms with Gasteiger partial charge in [0.05, 0.1) is 30.4 Å². The number of benzene rings is 3. The van der Waals surface area contributed by atoms with Gasteiger partial charge in [-0.15, -0.1) is 0 Å². The summed E-state index contributed by atoms with van der Waals surface area (Å²) in [7, 11) is 2.89. The standard InChI is InChI=1S/C26H25N3O4/c1-4-28-12-11-19-20(15-28)25(17-13-22(29(30)31)26(33-3)23(14-17)32-2)27-21-10-9-16-7-5-6-8-18(16)24(19)21/h5-10,13-14H,4,11-12,15H2,1-3H3. The van der Waals surface area contributed by atoms with Crippen molar-refractivity contribution < 1.29 is 14.4 Å². The van der Waals surface area contributed by atoms with Crippen molar-refractivity contribution in [2.24, 2.45) is 0 Å². The van der Waals surface area contributed by atoms with E-state index in [2.05, 4.69) is 36.1 Å². The largest absolute Gasteiger partial charge is 0.493 e. The molecule has 0 saturated carbocycles. The Morgan fingerprint density at radius 3 is 2.64 bits per heavy atom. The van der Waals surface area contributed by atoms with E-state index >= 15 is 0 Å². The number of pyridine rings is 1. The fourth-order valence-corrected chi connectivity index (χ4v) is 4.90. The highest BCUT2D eigenvalue weighted by atomic mass is 16.6. The van der Waals surface area contributed by atoms with Crippen LogP contribution in [-0.4, -0.2) is 42.1 Å². The van der Waals surface area contributed by atoms with Gasteiger partial charge in [0.2, 0.25) is 5.75 Å². The summed E-state index contributed by atoms with van der Waals surface area (Å²) < 4.78 is 10.7. The first-order valence-corrected chi connectivity index (χ1v) is 11.0. The summed E-state index contributed by atoms with van der Waals surface area (Å²) in [5, 5.41) is 15.4. The lowest BCUT2D eigenvalue weighted by Crippen LogP contribution is -2.31. The van der Waals surface area contributed by atoms with Crippen molar-refractivity contribution in [2.75, 3.05) is 27.3 Å². The van der Waals surface area contributed by atoms with Crippen molar-refractivity contribution >= 4 is 27.4 Å². The van der Waals surface area contributed by atoms with Gasteiger partial charge >= 0.3 is 5.69 Å². The first-order chi connectivity index (χ1) is 16.0. The number of nitro groups is 1. The second-order valence-electron chi connectivity index (χ2n) is 8.21. The number of nitro benzene ring substituents is 1. The molecule has 0 atom stereocenters. The van der Waals surface area contributed by atoms with E-state index < -0.39 is 4.92 Å². The summed E-state index contributed by atoms with van der Waals surface area (Å²) in [5.74, 6) is 0.432. The lowest BCUT2D eigenvalue weighted by molar-refractivity contribution is -0.385. The predicted molar refractivity (Wildman–Crippen MR) is 129 cm³/mol. The molecule has 4 aromatic rings. The van der Waals surface area contributed by atoms with Crippen molar-refractivity contribution in [1.29, 1.82) is 0 Å². The first-order valence-electron chi connectivity index (χ1n) is 11.0. The number of likely N-dealkylation sites (N-methyl/N-ethyl adjacent to an activating group) is 1. The maximum Gasteiger partial charge on any atom is 0.315 e. The first kappa shape index (κ1) is 21.2. The summed E-state index contributed by atoms with van der Waals surface area (Å²) >= 11 is 0. The normalized spacial score (nSPS) is 13.8. The number of hydrogen-bond donors (Lipinski definition) is 0. The summed E-state index contributed by atoms with van der Waals surface area (Å²) in [4.78, 5) is 18.8. The van der Waals surface area contributed by atoms with Crippen molar-refractivity contribution in [3.8, 4) is 22.8 Å². The Morgan fingerprint density at radius 2 is 1.91 bits per heavy atom. The van der Waals surface area contributed by atoms with Crippen LogP contribution in [-0.2, 0) is 13.0 Å². The van der Waals surface area contributed by atoms with E-state index in [1.165, 1.54) is 35.9 Å². The Balaban J connectivity index is 1.85. The van der Waals surface area contributed by atoms with Gasteiger partial charge in [0.25, 0.3) is 0 Å². The van der Waals surface area contributed by atoms with E-state index in [1.54, 1.807) is 12.1 Å². The van der Waals surface area contributed by atoms with Crippen LogP contribution < -0.4 is 9.47 Å². The molecule has 0 spiro atoms. The molecule has 7 nitrogen and oxygen atoms in total. The van der Waals surface area contributed by atoms with E-state index in [0.29, 0.717) is 11.3 Å². The van der Waals surface area contributed by atoms with Crippen molar-refractivity contribution in [2.45, 2.75) is 19.9 Å². The van der Waals surface area contributed by atoms with Gasteiger partial charge in [-0.1, -0.05) is 37.3 Å². The third-order valence-corrected chi connectivity index (χ3v) is 6.53. The zero-order chi connectivity index (χ0) is 23.1. The summed E-state index contributed by atoms with van der Waals surface area (Å²) in [6, 6.07) is 15.8. The van der Waals surface area contributed by atoms with Crippen molar-refractivity contribution in [1.82, 2.24) is 9.88 Å². The highest BCUT2D eigenvalue weighted by Crippen LogP contribution is 2.43. The molecule has 2 heterocycles. The zero-order valence-electron chi connectivity index (χ0n) is 18.9. The van der Waals surface area contributed by atoms with E-state index in [4.69, 9.17) is 14.5 Å². The van der Waals surface area contributed by atoms with Crippen molar-refractivity contribution in [3.05, 3.63) is 69.8 Å². The lowest BCUT2D eigenvalue weighted by atomic mass is 9.89. The summed E-state index contributed by atoms with van der Waals surface area (Å²) in [6.07, 6.45) is 0.901. The Morgan fingerprint density at radius 1 is 1.09 bits per heavy atom. The topological polar surface area (TPSA) is 77.7 Å². The molecule has 0 amide bonds. The zero-order valence-corrected chi connectivity index (χ0v) is 18.9. The number of nitrogens with zero attached hydrogens (tertiary/aromatic N) is 3. The van der Waals surface area contributed by atoms with Crippen LogP contribution in [0, 0.1) is 10.1 Å². The molecule has 7 heteroatoms. The van der Waals surface area contributed by atoms with Crippen LogP contribution >= 0.6 is 0 Å². The molecule has 0 saturated heterocycles. The molecule has 0 fully saturated rings. The van der Waals surface area contributed by atoms with E-state index in [9.17, 15) is 10.1 Å². The smallest absolute Gasteiger partial charge is 0.315 e. The van der Waals surface area contributed by atoms with Crippen LogP contribution in [0.1, 0.15) is 18.1 Å². The molecule has 0 bridgehead atoms. The maximum absolute atomic E-state index is 11.8. The Bertz CT molecular complexity index is 1400. The number of aromatic nitrogens is 1. The van der Waals surface area contributed by atoms with Crippen LogP contribution in [0.3, 0.4) is 0 Å². The fourth-order valence-electron chi connectivity index (χ4n) is 4.90. The molecular formula is C26H25N3O4.